The van der Waals surface area contributed by atoms with Crippen LogP contribution in [0.2, 0.25) is 0 Å². The molecule has 1 fully saturated rings. The van der Waals surface area contributed by atoms with Gasteiger partial charge >= 0.3 is 0 Å². The predicted molar refractivity (Wildman–Crippen MR) is 95.5 cm³/mol. The van der Waals surface area contributed by atoms with E-state index in [0.29, 0.717) is 6.04 Å². The number of carbonyl (C=O) groups excluding carboxylic acids is 2. The van der Waals surface area contributed by atoms with E-state index in [0.717, 1.165) is 36.1 Å². The number of nitrogens with zero attached hydrogens (tertiary/aromatic N) is 1. The van der Waals surface area contributed by atoms with Gasteiger partial charge in [-0.3, -0.25) is 9.59 Å². The first-order valence-electron chi connectivity index (χ1n) is 8.92. The molecular weight excluding hydrogens is 300 g/mol. The standard InChI is InChI=1S/C20H26N2O2/c1-14-12-18(21-15(2)23)9-8-16(14)13-17-10-11-22(20(17)24)19-6-4-3-5-7-19/h8-12,17,19H,3-7,13H2,1-2H3,(H,21,23). The number of rotatable bonds is 4. The molecule has 2 aliphatic rings. The van der Waals surface area contributed by atoms with E-state index in [2.05, 4.69) is 11.4 Å². The molecule has 1 N–H and O–H groups in total. The van der Waals surface area contributed by atoms with Crippen LogP contribution in [0.4, 0.5) is 5.69 Å². The number of anilines is 1. The molecule has 1 heterocycles. The fraction of sp³-hybridized carbons (Fsp3) is 0.500. The highest BCUT2D eigenvalue weighted by atomic mass is 16.2. The minimum Gasteiger partial charge on any atom is -0.326 e. The van der Waals surface area contributed by atoms with Crippen molar-refractivity contribution in [1.82, 2.24) is 4.90 Å². The molecule has 1 atom stereocenters. The van der Waals surface area contributed by atoms with Gasteiger partial charge in [-0.1, -0.05) is 31.4 Å². The first-order chi connectivity index (χ1) is 11.5. The lowest BCUT2D eigenvalue weighted by atomic mass is 9.93. The van der Waals surface area contributed by atoms with Crippen molar-refractivity contribution in [1.29, 1.82) is 0 Å². The fourth-order valence-electron chi connectivity index (χ4n) is 3.80. The largest absolute Gasteiger partial charge is 0.326 e. The molecule has 0 radical (unpaired) electrons. The van der Waals surface area contributed by atoms with Crippen molar-refractivity contribution in [3.8, 4) is 0 Å². The fourth-order valence-corrected chi connectivity index (χ4v) is 3.80. The number of nitrogens with one attached hydrogen (secondary N) is 1. The Labute approximate surface area is 143 Å². The molecule has 1 aromatic rings. The summed E-state index contributed by atoms with van der Waals surface area (Å²) in [6, 6.07) is 6.30. The maximum absolute atomic E-state index is 12.7. The number of aryl methyl sites for hydroxylation is 1. The summed E-state index contributed by atoms with van der Waals surface area (Å²) in [5.41, 5.74) is 3.08. The Balaban J connectivity index is 1.65. The SMILES string of the molecule is CC(=O)Nc1ccc(CC2C=CN(C3CCCCC3)C2=O)c(C)c1. The van der Waals surface area contributed by atoms with E-state index in [1.54, 1.807) is 0 Å². The zero-order valence-corrected chi connectivity index (χ0v) is 14.5. The van der Waals surface area contributed by atoms with Crippen LogP contribution in [-0.4, -0.2) is 22.8 Å². The Kier molecular flexibility index (Phi) is 5.03. The number of hydrogen-bond donors (Lipinski definition) is 1. The second-order valence-electron chi connectivity index (χ2n) is 7.01. The summed E-state index contributed by atoms with van der Waals surface area (Å²) < 4.78 is 0. The Bertz CT molecular complexity index is 660. The Morgan fingerprint density at radius 1 is 1.25 bits per heavy atom. The van der Waals surface area contributed by atoms with E-state index in [-0.39, 0.29) is 17.7 Å². The van der Waals surface area contributed by atoms with Crippen LogP contribution in [0, 0.1) is 12.8 Å². The minimum absolute atomic E-state index is 0.0581. The van der Waals surface area contributed by atoms with Crippen molar-refractivity contribution in [2.45, 2.75) is 58.4 Å². The third-order valence-electron chi connectivity index (χ3n) is 5.12. The zero-order chi connectivity index (χ0) is 17.1. The minimum atomic E-state index is -0.0702. The number of hydrogen-bond acceptors (Lipinski definition) is 2. The van der Waals surface area contributed by atoms with Crippen LogP contribution in [0.25, 0.3) is 0 Å². The van der Waals surface area contributed by atoms with Crippen LogP contribution in [-0.2, 0) is 16.0 Å². The zero-order valence-electron chi connectivity index (χ0n) is 14.5. The van der Waals surface area contributed by atoms with Crippen LogP contribution in [0.15, 0.2) is 30.5 Å². The summed E-state index contributed by atoms with van der Waals surface area (Å²) in [6.07, 6.45) is 10.8. The van der Waals surface area contributed by atoms with Gasteiger partial charge in [-0.15, -0.1) is 0 Å². The highest BCUT2D eigenvalue weighted by molar-refractivity contribution is 5.89. The topological polar surface area (TPSA) is 49.4 Å². The molecule has 4 nitrogen and oxygen atoms in total. The van der Waals surface area contributed by atoms with E-state index in [9.17, 15) is 9.59 Å². The van der Waals surface area contributed by atoms with Crippen molar-refractivity contribution >= 4 is 17.5 Å². The van der Waals surface area contributed by atoms with Crippen molar-refractivity contribution in [3.63, 3.8) is 0 Å². The lowest BCUT2D eigenvalue weighted by Gasteiger charge is -2.30. The van der Waals surface area contributed by atoms with E-state index >= 15 is 0 Å². The smallest absolute Gasteiger partial charge is 0.234 e. The highest BCUT2D eigenvalue weighted by Gasteiger charge is 2.32. The normalized spacial score (nSPS) is 21.3. The maximum atomic E-state index is 12.7. The van der Waals surface area contributed by atoms with E-state index in [1.165, 1.54) is 26.2 Å². The third-order valence-corrected chi connectivity index (χ3v) is 5.12. The van der Waals surface area contributed by atoms with Gasteiger partial charge in [-0.25, -0.2) is 0 Å². The second kappa shape index (κ2) is 7.20. The Morgan fingerprint density at radius 3 is 2.67 bits per heavy atom. The summed E-state index contributed by atoms with van der Waals surface area (Å²) in [6.45, 7) is 3.54. The molecule has 0 saturated heterocycles. The van der Waals surface area contributed by atoms with Gasteiger partial charge in [-0.05, 0) is 49.4 Å². The molecule has 0 bridgehead atoms. The summed E-state index contributed by atoms with van der Waals surface area (Å²) in [5.74, 6) is 0.114. The van der Waals surface area contributed by atoms with Gasteiger partial charge in [0.25, 0.3) is 0 Å². The first kappa shape index (κ1) is 16.7. The monoisotopic (exact) mass is 326 g/mol. The summed E-state index contributed by atoms with van der Waals surface area (Å²) in [4.78, 5) is 25.9. The molecule has 1 unspecified atom stereocenters. The summed E-state index contributed by atoms with van der Waals surface area (Å²) >= 11 is 0. The Hall–Kier alpha value is -2.10. The van der Waals surface area contributed by atoms with Gasteiger partial charge in [0.1, 0.15) is 0 Å². The van der Waals surface area contributed by atoms with Gasteiger partial charge in [0.2, 0.25) is 11.8 Å². The molecule has 1 aliphatic carbocycles. The molecule has 4 heteroatoms. The van der Waals surface area contributed by atoms with E-state index in [4.69, 9.17) is 0 Å². The third kappa shape index (κ3) is 3.69. The predicted octanol–water partition coefficient (Wildman–Crippen LogP) is 3.80. The van der Waals surface area contributed by atoms with Gasteiger partial charge in [-0.2, -0.15) is 0 Å². The van der Waals surface area contributed by atoms with E-state index in [1.807, 2.05) is 36.2 Å². The molecular formula is C20H26N2O2. The molecule has 0 aromatic heterocycles. The quantitative estimate of drug-likeness (QED) is 0.915. The van der Waals surface area contributed by atoms with Gasteiger partial charge in [0, 0.05) is 24.9 Å². The van der Waals surface area contributed by atoms with Crippen molar-refractivity contribution in [2.75, 3.05) is 5.32 Å². The summed E-state index contributed by atoms with van der Waals surface area (Å²) in [5, 5.41) is 2.80. The molecule has 1 aromatic carbocycles. The van der Waals surface area contributed by atoms with Crippen molar-refractivity contribution in [2.24, 2.45) is 5.92 Å². The number of carbonyl (C=O) groups is 2. The average Bonchev–Trinajstić information content (AvgIpc) is 2.91. The van der Waals surface area contributed by atoms with E-state index < -0.39 is 0 Å². The maximum Gasteiger partial charge on any atom is 0.234 e. The second-order valence-corrected chi connectivity index (χ2v) is 7.01. The lowest BCUT2D eigenvalue weighted by Crippen LogP contribution is -2.37. The average molecular weight is 326 g/mol. The first-order valence-corrected chi connectivity index (χ1v) is 8.92. The molecule has 1 saturated carbocycles. The Morgan fingerprint density at radius 2 is 2.00 bits per heavy atom. The van der Waals surface area contributed by atoms with Crippen LogP contribution in [0.1, 0.15) is 50.2 Å². The highest BCUT2D eigenvalue weighted by Crippen LogP contribution is 2.29. The van der Waals surface area contributed by atoms with Crippen molar-refractivity contribution in [3.05, 3.63) is 41.6 Å². The van der Waals surface area contributed by atoms with Crippen LogP contribution in [0.5, 0.6) is 0 Å². The molecule has 128 valence electrons. The molecule has 2 amide bonds. The van der Waals surface area contributed by atoms with Gasteiger partial charge in [0.15, 0.2) is 0 Å². The van der Waals surface area contributed by atoms with Gasteiger partial charge < -0.3 is 10.2 Å². The van der Waals surface area contributed by atoms with Crippen LogP contribution >= 0.6 is 0 Å². The lowest BCUT2D eigenvalue weighted by molar-refractivity contribution is -0.132. The number of amides is 2. The van der Waals surface area contributed by atoms with Gasteiger partial charge in [0.05, 0.1) is 5.92 Å². The molecule has 1 aliphatic heterocycles. The van der Waals surface area contributed by atoms with Crippen LogP contribution in [0.3, 0.4) is 0 Å². The summed E-state index contributed by atoms with van der Waals surface area (Å²) in [7, 11) is 0. The van der Waals surface area contributed by atoms with Crippen LogP contribution < -0.4 is 5.32 Å². The van der Waals surface area contributed by atoms with Crippen molar-refractivity contribution < 1.29 is 9.59 Å². The molecule has 0 spiro atoms. The number of benzene rings is 1. The molecule has 3 rings (SSSR count). The molecule has 24 heavy (non-hydrogen) atoms.